The summed E-state index contributed by atoms with van der Waals surface area (Å²) in [6, 6.07) is 14.2. The molecule has 0 unspecified atom stereocenters. The average Bonchev–Trinajstić information content (AvgIpc) is 3.36. The van der Waals surface area contributed by atoms with E-state index >= 15 is 0 Å². The summed E-state index contributed by atoms with van der Waals surface area (Å²) >= 11 is 0. The zero-order valence-corrected chi connectivity index (χ0v) is 23.7. The Bertz CT molecular complexity index is 1290. The molecule has 0 radical (unpaired) electrons. The first kappa shape index (κ1) is 30.8. The van der Waals surface area contributed by atoms with Crippen LogP contribution < -0.4 is 10.2 Å². The molecule has 0 fully saturated rings. The lowest BCUT2D eigenvalue weighted by atomic mass is 10.0. The van der Waals surface area contributed by atoms with Crippen molar-refractivity contribution >= 4 is 17.5 Å². The standard InChI is InChI=1S/C30H40N6O3.CH4/c1-21(2)9-8-15-31-28(37)19-35(27-17-25(13-12-22(27)3)30-32-23(4)39-33-30)20-29(38)34(5)36-16-14-24-10-6-7-11-26(24)18-36;/h6-7,10-13,17,21H,8-9,14-16,18-20H2,1-5H3,(H,31,37);1H4. The molecule has 0 spiro atoms. The first-order valence-electron chi connectivity index (χ1n) is 13.7. The molecule has 1 N–H and O–H groups in total. The molecule has 9 nitrogen and oxygen atoms in total. The third kappa shape index (κ3) is 7.91. The van der Waals surface area contributed by atoms with E-state index < -0.39 is 0 Å². The quantitative estimate of drug-likeness (QED) is 0.345. The van der Waals surface area contributed by atoms with Crippen LogP contribution in [0.5, 0.6) is 0 Å². The van der Waals surface area contributed by atoms with Gasteiger partial charge >= 0.3 is 0 Å². The summed E-state index contributed by atoms with van der Waals surface area (Å²) in [5, 5.41) is 10.8. The molecule has 2 heterocycles. The van der Waals surface area contributed by atoms with Crippen molar-refractivity contribution in [1.82, 2.24) is 25.5 Å². The number of hydrogen-bond acceptors (Lipinski definition) is 7. The molecule has 3 aromatic rings. The van der Waals surface area contributed by atoms with Crippen molar-refractivity contribution in [2.75, 3.05) is 38.1 Å². The number of likely N-dealkylation sites (N-methyl/N-ethyl adjacent to an activating group) is 1. The minimum absolute atomic E-state index is 0. The minimum Gasteiger partial charge on any atom is -0.355 e. The summed E-state index contributed by atoms with van der Waals surface area (Å²) in [5.41, 5.74) is 5.07. The molecule has 2 amide bonds. The molecule has 0 aliphatic carbocycles. The third-order valence-electron chi connectivity index (χ3n) is 7.17. The van der Waals surface area contributed by atoms with Crippen LogP contribution in [0.15, 0.2) is 47.0 Å². The van der Waals surface area contributed by atoms with Gasteiger partial charge in [-0.15, -0.1) is 0 Å². The van der Waals surface area contributed by atoms with Crippen molar-refractivity contribution in [3.05, 3.63) is 65.0 Å². The summed E-state index contributed by atoms with van der Waals surface area (Å²) in [6.45, 7) is 10.3. The van der Waals surface area contributed by atoms with Gasteiger partial charge in [-0.3, -0.25) is 14.6 Å². The second-order valence-electron chi connectivity index (χ2n) is 10.7. The molecule has 0 bridgehead atoms. The molecular weight excluding hydrogens is 504 g/mol. The maximum atomic E-state index is 13.6. The van der Waals surface area contributed by atoms with Gasteiger partial charge in [0, 0.05) is 44.9 Å². The highest BCUT2D eigenvalue weighted by Gasteiger charge is 2.26. The highest BCUT2D eigenvalue weighted by atomic mass is 16.5. The SMILES string of the molecule is C.Cc1nc(-c2ccc(C)c(N(CC(=O)NCCCC(C)C)CC(=O)N(C)N3CCc4ccccc4C3)c2)no1. The lowest BCUT2D eigenvalue weighted by molar-refractivity contribution is -0.145. The summed E-state index contributed by atoms with van der Waals surface area (Å²) < 4.78 is 5.17. The Morgan fingerprint density at radius 1 is 1.10 bits per heavy atom. The number of carbonyl (C=O) groups excluding carboxylic acids is 2. The van der Waals surface area contributed by atoms with E-state index in [4.69, 9.17) is 4.52 Å². The Morgan fingerprint density at radius 3 is 2.55 bits per heavy atom. The topological polar surface area (TPSA) is 94.8 Å². The van der Waals surface area contributed by atoms with Crippen LogP contribution in [0.4, 0.5) is 5.69 Å². The monoisotopic (exact) mass is 548 g/mol. The van der Waals surface area contributed by atoms with E-state index in [1.54, 1.807) is 11.9 Å². The maximum absolute atomic E-state index is 13.6. The van der Waals surface area contributed by atoms with Gasteiger partial charge in [-0.25, -0.2) is 5.01 Å². The van der Waals surface area contributed by atoms with Crippen molar-refractivity contribution in [3.8, 4) is 11.4 Å². The highest BCUT2D eigenvalue weighted by molar-refractivity contribution is 5.87. The van der Waals surface area contributed by atoms with Crippen LogP contribution in [-0.4, -0.2) is 65.2 Å². The first-order chi connectivity index (χ1) is 18.7. The van der Waals surface area contributed by atoms with Gasteiger partial charge in [0.2, 0.25) is 17.6 Å². The number of anilines is 1. The van der Waals surface area contributed by atoms with Crippen molar-refractivity contribution in [3.63, 3.8) is 0 Å². The van der Waals surface area contributed by atoms with Crippen LogP contribution in [0, 0.1) is 19.8 Å². The maximum Gasteiger partial charge on any atom is 0.256 e. The second-order valence-corrected chi connectivity index (χ2v) is 10.7. The Kier molecular flexibility index (Phi) is 10.8. The predicted molar refractivity (Wildman–Crippen MR) is 159 cm³/mol. The number of nitrogens with one attached hydrogen (secondary N) is 1. The number of rotatable bonds is 11. The average molecular weight is 549 g/mol. The number of amides is 2. The van der Waals surface area contributed by atoms with E-state index in [0.717, 1.165) is 42.6 Å². The number of hydrazine groups is 1. The zero-order valence-electron chi connectivity index (χ0n) is 23.7. The van der Waals surface area contributed by atoms with Gasteiger partial charge < -0.3 is 14.7 Å². The van der Waals surface area contributed by atoms with Gasteiger partial charge in [0.15, 0.2) is 0 Å². The number of aromatic nitrogens is 2. The summed E-state index contributed by atoms with van der Waals surface area (Å²) in [7, 11) is 1.81. The van der Waals surface area contributed by atoms with E-state index in [2.05, 4.69) is 52.5 Å². The Morgan fingerprint density at radius 2 is 1.85 bits per heavy atom. The Balaban J connectivity index is 0.00000441. The largest absolute Gasteiger partial charge is 0.355 e. The fourth-order valence-corrected chi connectivity index (χ4v) is 4.86. The van der Waals surface area contributed by atoms with Crippen LogP contribution in [0.3, 0.4) is 0 Å². The van der Waals surface area contributed by atoms with Crippen LogP contribution in [0.25, 0.3) is 11.4 Å². The van der Waals surface area contributed by atoms with Crippen molar-refractivity contribution in [2.24, 2.45) is 5.92 Å². The van der Waals surface area contributed by atoms with Crippen molar-refractivity contribution in [1.29, 1.82) is 0 Å². The van der Waals surface area contributed by atoms with Gasteiger partial charge in [-0.05, 0) is 54.9 Å². The Hall–Kier alpha value is -3.72. The van der Waals surface area contributed by atoms with E-state index in [1.807, 2.05) is 43.1 Å². The van der Waals surface area contributed by atoms with Gasteiger partial charge in [0.25, 0.3) is 5.91 Å². The molecule has 1 aromatic heterocycles. The van der Waals surface area contributed by atoms with Gasteiger partial charge in [0.05, 0.1) is 13.1 Å². The van der Waals surface area contributed by atoms with E-state index in [9.17, 15) is 9.59 Å². The first-order valence-corrected chi connectivity index (χ1v) is 13.7. The lowest BCUT2D eigenvalue weighted by Crippen LogP contribution is -2.51. The zero-order chi connectivity index (χ0) is 27.9. The van der Waals surface area contributed by atoms with Gasteiger partial charge in [-0.2, -0.15) is 4.98 Å². The third-order valence-corrected chi connectivity index (χ3v) is 7.17. The predicted octanol–water partition coefficient (Wildman–Crippen LogP) is 4.78. The molecule has 40 heavy (non-hydrogen) atoms. The molecule has 4 rings (SSSR count). The molecule has 216 valence electrons. The highest BCUT2D eigenvalue weighted by Crippen LogP contribution is 2.27. The van der Waals surface area contributed by atoms with E-state index in [1.165, 1.54) is 11.1 Å². The van der Waals surface area contributed by atoms with Gasteiger partial charge in [0.1, 0.15) is 0 Å². The summed E-state index contributed by atoms with van der Waals surface area (Å²) in [4.78, 5) is 32.8. The molecule has 9 heteroatoms. The Labute approximate surface area is 238 Å². The summed E-state index contributed by atoms with van der Waals surface area (Å²) in [6.07, 6.45) is 2.87. The summed E-state index contributed by atoms with van der Waals surface area (Å²) in [5.74, 6) is 1.35. The number of fused-ring (bicyclic) bond motifs is 1. The molecule has 2 aromatic carbocycles. The second kappa shape index (κ2) is 14.1. The fraction of sp³-hybridized carbons (Fsp3) is 0.484. The minimum atomic E-state index is -0.110. The number of nitrogens with zero attached hydrogens (tertiary/aromatic N) is 5. The molecule has 1 aliphatic rings. The molecule has 0 atom stereocenters. The number of benzene rings is 2. The number of aryl methyl sites for hydroxylation is 2. The fourth-order valence-electron chi connectivity index (χ4n) is 4.86. The lowest BCUT2D eigenvalue weighted by Gasteiger charge is -2.37. The number of carbonyl (C=O) groups is 2. The molecule has 0 saturated carbocycles. The van der Waals surface area contributed by atoms with Crippen molar-refractivity contribution in [2.45, 2.75) is 60.9 Å². The number of hydrogen-bond donors (Lipinski definition) is 1. The van der Waals surface area contributed by atoms with Crippen LogP contribution in [-0.2, 0) is 22.6 Å². The van der Waals surface area contributed by atoms with Gasteiger partial charge in [-0.1, -0.05) is 62.8 Å². The van der Waals surface area contributed by atoms with Crippen molar-refractivity contribution < 1.29 is 14.1 Å². The molecule has 1 aliphatic heterocycles. The van der Waals surface area contributed by atoms with E-state index in [-0.39, 0.29) is 32.3 Å². The smallest absolute Gasteiger partial charge is 0.256 e. The van der Waals surface area contributed by atoms with Crippen LogP contribution in [0.2, 0.25) is 0 Å². The van der Waals surface area contributed by atoms with Crippen LogP contribution in [0.1, 0.15) is 56.7 Å². The molecule has 0 saturated heterocycles. The van der Waals surface area contributed by atoms with Crippen LogP contribution >= 0.6 is 0 Å². The molecular formula is C31H44N6O3. The van der Waals surface area contributed by atoms with E-state index in [0.29, 0.717) is 30.7 Å². The normalized spacial score (nSPS) is 12.9.